The highest BCUT2D eigenvalue weighted by Crippen LogP contribution is 2.30. The van der Waals surface area contributed by atoms with Crippen LogP contribution in [0.4, 0.5) is 13.2 Å². The monoisotopic (exact) mass is 220 g/mol. The van der Waals surface area contributed by atoms with Gasteiger partial charge in [-0.15, -0.1) is 0 Å². The van der Waals surface area contributed by atoms with Gasteiger partial charge in [0.1, 0.15) is 11.4 Å². The Morgan fingerprint density at radius 2 is 1.73 bits per heavy atom. The van der Waals surface area contributed by atoms with Crippen molar-refractivity contribution in [3.8, 4) is 5.75 Å². The largest absolute Gasteiger partial charge is 0.493 e. The summed E-state index contributed by atoms with van der Waals surface area (Å²) in [6, 6.07) is 0. The Labute approximate surface area is 83.1 Å². The third kappa shape index (κ3) is 1.62. The van der Waals surface area contributed by atoms with Crippen LogP contribution in [0.25, 0.3) is 0 Å². The highest BCUT2D eigenvalue weighted by Gasteiger charge is 2.27. The summed E-state index contributed by atoms with van der Waals surface area (Å²) in [4.78, 5) is 10.6. The van der Waals surface area contributed by atoms with Crippen molar-refractivity contribution >= 4 is 5.97 Å². The van der Waals surface area contributed by atoms with E-state index in [-0.39, 0.29) is 0 Å². The van der Waals surface area contributed by atoms with Gasteiger partial charge in [-0.3, -0.25) is 0 Å². The molecular weight excluding hydrogens is 213 g/mol. The maximum absolute atomic E-state index is 13.3. The van der Waals surface area contributed by atoms with Gasteiger partial charge in [0.2, 0.25) is 5.82 Å². The van der Waals surface area contributed by atoms with E-state index in [1.807, 2.05) is 0 Å². The van der Waals surface area contributed by atoms with Crippen LogP contribution in [0.3, 0.4) is 0 Å². The van der Waals surface area contributed by atoms with Crippen molar-refractivity contribution in [3.05, 3.63) is 28.6 Å². The van der Waals surface area contributed by atoms with Gasteiger partial charge in [0.25, 0.3) is 0 Å². The van der Waals surface area contributed by atoms with E-state index >= 15 is 0 Å². The van der Waals surface area contributed by atoms with Gasteiger partial charge in [-0.25, -0.2) is 13.6 Å². The molecule has 15 heavy (non-hydrogen) atoms. The molecule has 0 amide bonds. The minimum absolute atomic E-state index is 0.689. The number of hydrogen-bond donors (Lipinski definition) is 1. The summed E-state index contributed by atoms with van der Waals surface area (Å²) < 4.78 is 43.7. The predicted octanol–water partition coefficient (Wildman–Crippen LogP) is 2.12. The predicted molar refractivity (Wildman–Crippen MR) is 44.6 cm³/mol. The third-order valence-corrected chi connectivity index (χ3v) is 1.92. The lowest BCUT2D eigenvalue weighted by molar-refractivity contribution is 0.0686. The molecule has 82 valence electrons. The fourth-order valence-electron chi connectivity index (χ4n) is 1.14. The van der Waals surface area contributed by atoms with Crippen LogP contribution in [0.2, 0.25) is 0 Å². The van der Waals surface area contributed by atoms with Crippen LogP contribution in [-0.2, 0) is 0 Å². The molecule has 0 spiro atoms. The normalized spacial score (nSPS) is 10.2. The smallest absolute Gasteiger partial charge is 0.342 e. The lowest BCUT2D eigenvalue weighted by Crippen LogP contribution is -2.10. The summed E-state index contributed by atoms with van der Waals surface area (Å²) in [7, 11) is 0.930. The molecule has 1 rings (SSSR count). The molecule has 1 aromatic rings. The zero-order chi connectivity index (χ0) is 11.7. The quantitative estimate of drug-likeness (QED) is 0.776. The molecule has 0 aliphatic rings. The molecule has 0 atom stereocenters. The molecule has 0 heterocycles. The number of hydrogen-bond acceptors (Lipinski definition) is 2. The number of ether oxygens (including phenoxy) is 1. The van der Waals surface area contributed by atoms with Crippen LogP contribution in [0, 0.1) is 24.4 Å². The van der Waals surface area contributed by atoms with Gasteiger partial charge in [-0.2, -0.15) is 4.39 Å². The van der Waals surface area contributed by atoms with Crippen molar-refractivity contribution in [2.75, 3.05) is 7.11 Å². The first kappa shape index (κ1) is 11.4. The number of carboxylic acids is 1. The molecule has 0 bridgehead atoms. The minimum atomic E-state index is -1.72. The first-order chi connectivity index (χ1) is 6.91. The molecule has 0 saturated heterocycles. The lowest BCUT2D eigenvalue weighted by Gasteiger charge is -2.10. The Morgan fingerprint density at radius 3 is 2.13 bits per heavy atom. The average Bonchev–Trinajstić information content (AvgIpc) is 2.19. The van der Waals surface area contributed by atoms with Crippen molar-refractivity contribution in [3.63, 3.8) is 0 Å². The Bertz CT molecular complexity index is 429. The summed E-state index contributed by atoms with van der Waals surface area (Å²) in [5.41, 5.74) is -1.69. The molecule has 0 saturated carbocycles. The second-order valence-electron chi connectivity index (χ2n) is 2.78. The first-order valence-corrected chi connectivity index (χ1v) is 3.86. The second kappa shape index (κ2) is 3.80. The summed E-state index contributed by atoms with van der Waals surface area (Å²) in [5.74, 6) is -6.95. The molecule has 1 N–H and O–H groups in total. The molecule has 0 fully saturated rings. The zero-order valence-corrected chi connectivity index (χ0v) is 7.90. The highest BCUT2D eigenvalue weighted by molar-refractivity contribution is 5.91. The SMILES string of the molecule is COc1c(F)c(F)c(C)c(F)c1C(=O)O. The fraction of sp³-hybridized carbons (Fsp3) is 0.222. The van der Waals surface area contributed by atoms with E-state index < -0.39 is 40.3 Å². The number of carboxylic acid groups (broad SMARTS) is 1. The minimum Gasteiger partial charge on any atom is -0.493 e. The van der Waals surface area contributed by atoms with Crippen LogP contribution >= 0.6 is 0 Å². The highest BCUT2D eigenvalue weighted by atomic mass is 19.2. The van der Waals surface area contributed by atoms with Crippen molar-refractivity contribution in [1.29, 1.82) is 0 Å². The number of aromatic carboxylic acids is 1. The van der Waals surface area contributed by atoms with Crippen LogP contribution in [0.1, 0.15) is 15.9 Å². The van der Waals surface area contributed by atoms with Gasteiger partial charge in [0.15, 0.2) is 11.6 Å². The summed E-state index contributed by atoms with van der Waals surface area (Å²) in [5, 5.41) is 8.61. The van der Waals surface area contributed by atoms with E-state index in [0.29, 0.717) is 0 Å². The standard InChI is InChI=1S/C9H7F3O3/c1-3-5(10)4(9(13)14)8(15-2)7(12)6(3)11/h1-2H3,(H,13,14). The van der Waals surface area contributed by atoms with Crippen molar-refractivity contribution in [2.45, 2.75) is 6.92 Å². The van der Waals surface area contributed by atoms with E-state index in [9.17, 15) is 18.0 Å². The van der Waals surface area contributed by atoms with E-state index in [0.717, 1.165) is 14.0 Å². The average molecular weight is 220 g/mol. The zero-order valence-electron chi connectivity index (χ0n) is 7.90. The summed E-state index contributed by atoms with van der Waals surface area (Å²) in [6.07, 6.45) is 0. The lowest BCUT2D eigenvalue weighted by atomic mass is 10.1. The van der Waals surface area contributed by atoms with Crippen molar-refractivity contribution in [2.24, 2.45) is 0 Å². The van der Waals surface area contributed by atoms with E-state index in [1.54, 1.807) is 0 Å². The maximum atomic E-state index is 13.3. The Morgan fingerprint density at radius 1 is 1.20 bits per heavy atom. The molecule has 3 nitrogen and oxygen atoms in total. The second-order valence-corrected chi connectivity index (χ2v) is 2.78. The third-order valence-electron chi connectivity index (χ3n) is 1.92. The van der Waals surface area contributed by atoms with Crippen molar-refractivity contribution in [1.82, 2.24) is 0 Å². The number of methoxy groups -OCH3 is 1. The van der Waals surface area contributed by atoms with Gasteiger partial charge in [0.05, 0.1) is 7.11 Å². The molecule has 0 aromatic heterocycles. The van der Waals surface area contributed by atoms with Gasteiger partial charge >= 0.3 is 5.97 Å². The molecule has 0 unspecified atom stereocenters. The molecule has 0 aliphatic carbocycles. The van der Waals surface area contributed by atoms with E-state index in [2.05, 4.69) is 4.74 Å². The van der Waals surface area contributed by atoms with Gasteiger partial charge in [-0.1, -0.05) is 0 Å². The van der Waals surface area contributed by atoms with Gasteiger partial charge in [-0.05, 0) is 6.92 Å². The molecule has 1 aromatic carbocycles. The Hall–Kier alpha value is -1.72. The van der Waals surface area contributed by atoms with Crippen molar-refractivity contribution < 1.29 is 27.8 Å². The molecule has 0 radical (unpaired) electrons. The summed E-state index contributed by atoms with van der Waals surface area (Å²) >= 11 is 0. The number of halogens is 3. The van der Waals surface area contributed by atoms with Gasteiger partial charge in [0, 0.05) is 5.56 Å². The van der Waals surface area contributed by atoms with Crippen LogP contribution in [0.5, 0.6) is 5.75 Å². The molecular formula is C9H7F3O3. The first-order valence-electron chi connectivity index (χ1n) is 3.86. The van der Waals surface area contributed by atoms with Gasteiger partial charge < -0.3 is 9.84 Å². The van der Waals surface area contributed by atoms with E-state index in [4.69, 9.17) is 5.11 Å². The van der Waals surface area contributed by atoms with Crippen LogP contribution < -0.4 is 4.74 Å². The van der Waals surface area contributed by atoms with E-state index in [1.165, 1.54) is 0 Å². The maximum Gasteiger partial charge on any atom is 0.342 e. The van der Waals surface area contributed by atoms with Crippen LogP contribution in [0.15, 0.2) is 0 Å². The fourth-order valence-corrected chi connectivity index (χ4v) is 1.14. The number of carbonyl (C=O) groups is 1. The van der Waals surface area contributed by atoms with Crippen LogP contribution in [-0.4, -0.2) is 18.2 Å². The Balaban J connectivity index is 3.70. The number of benzene rings is 1. The number of rotatable bonds is 2. The molecule has 0 aliphatic heterocycles. The Kier molecular flexibility index (Phi) is 2.88. The summed E-state index contributed by atoms with van der Waals surface area (Å²) in [6.45, 7) is 0.944. The molecule has 6 heteroatoms. The topological polar surface area (TPSA) is 46.5 Å².